The molecule has 0 amide bonds. The molecule has 5 nitrogen and oxygen atoms in total. The number of benzene rings is 2. The lowest BCUT2D eigenvalue weighted by Gasteiger charge is -1.97. The van der Waals surface area contributed by atoms with Gasteiger partial charge in [-0.25, -0.2) is 4.98 Å². The number of halogens is 2. The van der Waals surface area contributed by atoms with Gasteiger partial charge in [-0.1, -0.05) is 27.7 Å². The minimum Gasteiger partial charge on any atom is -0.333 e. The van der Waals surface area contributed by atoms with Crippen molar-refractivity contribution in [3.8, 4) is 0 Å². The molecule has 0 saturated carbocycles. The lowest BCUT2D eigenvalue weighted by Crippen LogP contribution is -1.86. The van der Waals surface area contributed by atoms with Gasteiger partial charge < -0.3 is 4.98 Å². The Labute approximate surface area is 140 Å². The summed E-state index contributed by atoms with van der Waals surface area (Å²) in [6, 6.07) is 10.3. The zero-order valence-corrected chi connectivity index (χ0v) is 14.3. The van der Waals surface area contributed by atoms with Gasteiger partial charge in [0.25, 0.3) is 5.69 Å². The molecule has 0 radical (unpaired) electrons. The molecule has 0 atom stereocenters. The summed E-state index contributed by atoms with van der Waals surface area (Å²) in [5.74, 6) is 0. The molecule has 2 aromatic carbocycles. The van der Waals surface area contributed by atoms with Crippen LogP contribution in [0.25, 0.3) is 11.0 Å². The Morgan fingerprint density at radius 1 is 1.19 bits per heavy atom. The molecule has 21 heavy (non-hydrogen) atoms. The Hall–Kier alpha value is -1.38. The van der Waals surface area contributed by atoms with Crippen molar-refractivity contribution in [2.24, 2.45) is 0 Å². The van der Waals surface area contributed by atoms with E-state index in [0.717, 1.165) is 30.0 Å². The van der Waals surface area contributed by atoms with Gasteiger partial charge in [0.1, 0.15) is 5.52 Å². The first-order valence-corrected chi connectivity index (χ1v) is 8.20. The second-order valence-corrected chi connectivity index (χ2v) is 7.01. The van der Waals surface area contributed by atoms with E-state index in [0.29, 0.717) is 0 Å². The van der Waals surface area contributed by atoms with Crippen molar-refractivity contribution in [2.75, 3.05) is 0 Å². The molecule has 1 heterocycles. The summed E-state index contributed by atoms with van der Waals surface area (Å²) < 4.78 is 1.86. The SMILES string of the molecule is O=[N+]([O-])c1ccc(Sc2nc3c(Br)cc(Br)cc3[nH]2)cc1. The van der Waals surface area contributed by atoms with Crippen LogP contribution in [-0.2, 0) is 0 Å². The Bertz CT molecular complexity index is 833. The van der Waals surface area contributed by atoms with Crippen LogP contribution < -0.4 is 0 Å². The van der Waals surface area contributed by atoms with Crippen LogP contribution in [0, 0.1) is 10.1 Å². The number of fused-ring (bicyclic) bond motifs is 1. The van der Waals surface area contributed by atoms with E-state index >= 15 is 0 Å². The van der Waals surface area contributed by atoms with Gasteiger partial charge in [-0.05, 0) is 40.2 Å². The van der Waals surface area contributed by atoms with Crippen LogP contribution in [0.3, 0.4) is 0 Å². The first-order valence-electron chi connectivity index (χ1n) is 5.80. The third-order valence-corrected chi connectivity index (χ3v) is 4.70. The smallest absolute Gasteiger partial charge is 0.269 e. The number of nitro benzene ring substituents is 1. The van der Waals surface area contributed by atoms with Crippen LogP contribution in [0.1, 0.15) is 0 Å². The van der Waals surface area contributed by atoms with Crippen LogP contribution in [0.15, 0.2) is 55.4 Å². The fraction of sp³-hybridized carbons (Fsp3) is 0. The molecular formula is C13H7Br2N3O2S. The van der Waals surface area contributed by atoms with Crippen molar-refractivity contribution in [1.29, 1.82) is 0 Å². The Morgan fingerprint density at radius 3 is 2.57 bits per heavy atom. The third-order valence-electron chi connectivity index (χ3n) is 2.75. The van der Waals surface area contributed by atoms with Crippen LogP contribution in [0.4, 0.5) is 5.69 Å². The Kier molecular flexibility index (Phi) is 4.01. The molecule has 0 bridgehead atoms. The van der Waals surface area contributed by atoms with Gasteiger partial charge in [0.15, 0.2) is 5.16 Å². The maximum atomic E-state index is 10.6. The molecule has 0 unspecified atom stereocenters. The molecule has 0 aliphatic rings. The number of non-ortho nitro benzene ring substituents is 1. The molecule has 0 spiro atoms. The summed E-state index contributed by atoms with van der Waals surface area (Å²) in [6.45, 7) is 0. The number of rotatable bonds is 3. The van der Waals surface area contributed by atoms with Gasteiger partial charge in [0.2, 0.25) is 0 Å². The van der Waals surface area contributed by atoms with Crippen molar-refractivity contribution in [2.45, 2.75) is 10.1 Å². The standard InChI is InChI=1S/C13H7Br2N3O2S/c14-7-5-10(15)12-11(6-7)16-13(17-12)21-9-3-1-8(2-4-9)18(19)20/h1-6H,(H,16,17). The first-order chi connectivity index (χ1) is 10.0. The van der Waals surface area contributed by atoms with Crippen molar-refractivity contribution in [3.05, 3.63) is 55.5 Å². The summed E-state index contributed by atoms with van der Waals surface area (Å²) in [5.41, 5.74) is 1.85. The lowest BCUT2D eigenvalue weighted by atomic mass is 10.3. The van der Waals surface area contributed by atoms with Gasteiger partial charge >= 0.3 is 0 Å². The molecule has 3 aromatic rings. The van der Waals surface area contributed by atoms with Gasteiger partial charge in [-0.15, -0.1) is 0 Å². The molecule has 1 aromatic heterocycles. The van der Waals surface area contributed by atoms with Gasteiger partial charge in [0, 0.05) is 26.0 Å². The molecule has 0 fully saturated rings. The highest BCUT2D eigenvalue weighted by Gasteiger charge is 2.10. The quantitative estimate of drug-likeness (QED) is 0.462. The van der Waals surface area contributed by atoms with E-state index in [-0.39, 0.29) is 5.69 Å². The molecule has 0 aliphatic carbocycles. The van der Waals surface area contributed by atoms with E-state index in [1.165, 1.54) is 23.9 Å². The van der Waals surface area contributed by atoms with Crippen molar-refractivity contribution >= 4 is 60.3 Å². The predicted octanol–water partition coefficient (Wildman–Crippen LogP) is 5.15. The topological polar surface area (TPSA) is 71.8 Å². The lowest BCUT2D eigenvalue weighted by molar-refractivity contribution is -0.384. The molecule has 1 N–H and O–H groups in total. The summed E-state index contributed by atoms with van der Waals surface area (Å²) in [4.78, 5) is 18.8. The fourth-order valence-corrected chi connectivity index (χ4v) is 3.92. The van der Waals surface area contributed by atoms with Gasteiger partial charge in [0.05, 0.1) is 10.4 Å². The highest BCUT2D eigenvalue weighted by Crippen LogP contribution is 2.32. The van der Waals surface area contributed by atoms with E-state index in [1.807, 2.05) is 12.1 Å². The number of hydrogen-bond acceptors (Lipinski definition) is 4. The second-order valence-electron chi connectivity index (χ2n) is 4.18. The first kappa shape index (κ1) is 14.6. The van der Waals surface area contributed by atoms with Crippen LogP contribution >= 0.6 is 43.6 Å². The zero-order chi connectivity index (χ0) is 15.0. The average molecular weight is 429 g/mol. The molecule has 3 rings (SSSR count). The summed E-state index contributed by atoms with van der Waals surface area (Å²) >= 11 is 8.33. The number of nitrogens with zero attached hydrogens (tertiary/aromatic N) is 2. The number of nitrogens with one attached hydrogen (secondary N) is 1. The third kappa shape index (κ3) is 3.12. The van der Waals surface area contributed by atoms with Crippen molar-refractivity contribution in [3.63, 3.8) is 0 Å². The minimum absolute atomic E-state index is 0.0793. The van der Waals surface area contributed by atoms with E-state index in [2.05, 4.69) is 41.8 Å². The number of imidazole rings is 1. The van der Waals surface area contributed by atoms with E-state index in [4.69, 9.17) is 0 Å². The summed E-state index contributed by atoms with van der Waals surface area (Å²) in [5, 5.41) is 11.4. The Balaban J connectivity index is 1.91. The monoisotopic (exact) mass is 427 g/mol. The van der Waals surface area contributed by atoms with E-state index < -0.39 is 4.92 Å². The maximum absolute atomic E-state index is 10.6. The fourth-order valence-electron chi connectivity index (χ4n) is 1.82. The van der Waals surface area contributed by atoms with Gasteiger partial charge in [-0.3, -0.25) is 10.1 Å². The normalized spacial score (nSPS) is 11.0. The predicted molar refractivity (Wildman–Crippen MR) is 88.7 cm³/mol. The molecular weight excluding hydrogens is 422 g/mol. The number of H-pyrrole nitrogens is 1. The number of nitro groups is 1. The van der Waals surface area contributed by atoms with E-state index in [9.17, 15) is 10.1 Å². The number of aromatic nitrogens is 2. The highest BCUT2D eigenvalue weighted by molar-refractivity contribution is 9.11. The van der Waals surface area contributed by atoms with Crippen LogP contribution in [0.5, 0.6) is 0 Å². The van der Waals surface area contributed by atoms with Crippen LogP contribution in [-0.4, -0.2) is 14.9 Å². The average Bonchev–Trinajstić information content (AvgIpc) is 2.82. The highest BCUT2D eigenvalue weighted by atomic mass is 79.9. The summed E-state index contributed by atoms with van der Waals surface area (Å²) in [7, 11) is 0. The maximum Gasteiger partial charge on any atom is 0.269 e. The van der Waals surface area contributed by atoms with Crippen molar-refractivity contribution < 1.29 is 4.92 Å². The molecule has 106 valence electrons. The number of hydrogen-bond donors (Lipinski definition) is 1. The summed E-state index contributed by atoms with van der Waals surface area (Å²) in [6.07, 6.45) is 0. The van der Waals surface area contributed by atoms with Crippen molar-refractivity contribution in [1.82, 2.24) is 9.97 Å². The van der Waals surface area contributed by atoms with Gasteiger partial charge in [-0.2, -0.15) is 0 Å². The number of aromatic amines is 1. The molecule has 0 aliphatic heterocycles. The van der Waals surface area contributed by atoms with E-state index in [1.54, 1.807) is 12.1 Å². The van der Waals surface area contributed by atoms with Crippen LogP contribution in [0.2, 0.25) is 0 Å². The largest absolute Gasteiger partial charge is 0.333 e. The minimum atomic E-state index is -0.412. The Morgan fingerprint density at radius 2 is 1.90 bits per heavy atom. The second kappa shape index (κ2) is 5.78. The molecule has 0 saturated heterocycles. The molecule has 8 heteroatoms. The zero-order valence-electron chi connectivity index (χ0n) is 10.3.